The molecule has 142 valence electrons. The maximum absolute atomic E-state index is 12.6. The monoisotopic (exact) mass is 373 g/mol. The third-order valence-corrected chi connectivity index (χ3v) is 4.43. The molecule has 0 aromatic heterocycles. The average molecular weight is 373 g/mol. The molecule has 0 radical (unpaired) electrons. The van der Waals surface area contributed by atoms with Crippen molar-refractivity contribution in [3.05, 3.63) is 39.9 Å². The first-order valence-electron chi connectivity index (χ1n) is 7.85. The van der Waals surface area contributed by atoms with Crippen LogP contribution in [-0.2, 0) is 9.59 Å². The highest BCUT2D eigenvalue weighted by molar-refractivity contribution is 5.89. The number of carbonyl (C=O) groups excluding carboxylic acids is 2. The van der Waals surface area contributed by atoms with E-state index in [1.165, 1.54) is 30.1 Å². The highest BCUT2D eigenvalue weighted by Gasteiger charge is 2.41. The summed E-state index contributed by atoms with van der Waals surface area (Å²) in [5.41, 5.74) is 0.397. The van der Waals surface area contributed by atoms with E-state index in [1.807, 2.05) is 0 Å². The van der Waals surface area contributed by atoms with Crippen molar-refractivity contribution in [1.82, 2.24) is 9.80 Å². The lowest BCUT2D eigenvalue weighted by Gasteiger charge is -2.28. The van der Waals surface area contributed by atoms with E-state index in [0.717, 1.165) is 0 Å². The Bertz CT molecular complexity index is 723. The third-order valence-electron chi connectivity index (χ3n) is 4.43. The Kier molecular flexibility index (Phi) is 5.53. The lowest BCUT2D eigenvalue weighted by Crippen LogP contribution is -2.38. The minimum absolute atomic E-state index is 0.123. The number of likely N-dealkylation sites (tertiary alicyclic amines) is 1. The number of benzene rings is 1. The number of rotatable bonds is 5. The SMILES string of the molecule is CC(c1cccc([N+](=O)[O-])c1)N(C)C(=O)C1CC(=O)N(CC(F)(F)F)C1. The number of alkyl halides is 3. The lowest BCUT2D eigenvalue weighted by molar-refractivity contribution is -0.384. The molecule has 2 amide bonds. The zero-order chi connectivity index (χ0) is 19.6. The van der Waals surface area contributed by atoms with Crippen molar-refractivity contribution in [3.8, 4) is 0 Å². The first kappa shape index (κ1) is 19.7. The molecular formula is C16H18F3N3O4. The normalized spacial score (nSPS) is 18.7. The van der Waals surface area contributed by atoms with Crippen LogP contribution >= 0.6 is 0 Å². The molecule has 1 aromatic rings. The molecule has 0 spiro atoms. The predicted molar refractivity (Wildman–Crippen MR) is 85.0 cm³/mol. The summed E-state index contributed by atoms with van der Waals surface area (Å²) in [5, 5.41) is 10.9. The Labute approximate surface area is 147 Å². The van der Waals surface area contributed by atoms with Crippen LogP contribution in [0.15, 0.2) is 24.3 Å². The fourth-order valence-corrected chi connectivity index (χ4v) is 2.91. The van der Waals surface area contributed by atoms with Crippen LogP contribution in [0.1, 0.15) is 24.9 Å². The largest absolute Gasteiger partial charge is 0.406 e. The summed E-state index contributed by atoms with van der Waals surface area (Å²) < 4.78 is 37.4. The predicted octanol–water partition coefficient (Wildman–Crippen LogP) is 2.53. The Hall–Kier alpha value is -2.65. The smallest absolute Gasteiger partial charge is 0.339 e. The van der Waals surface area contributed by atoms with Crippen molar-refractivity contribution in [2.24, 2.45) is 5.92 Å². The quantitative estimate of drug-likeness (QED) is 0.586. The van der Waals surface area contributed by atoms with Gasteiger partial charge < -0.3 is 9.80 Å². The average Bonchev–Trinajstić information content (AvgIpc) is 2.91. The lowest BCUT2D eigenvalue weighted by atomic mass is 10.0. The van der Waals surface area contributed by atoms with Gasteiger partial charge in [-0.1, -0.05) is 12.1 Å². The number of non-ortho nitro benzene ring substituents is 1. The van der Waals surface area contributed by atoms with Gasteiger partial charge in [0.25, 0.3) is 5.69 Å². The summed E-state index contributed by atoms with van der Waals surface area (Å²) in [4.78, 5) is 36.5. The number of nitro benzene ring substituents is 1. The first-order valence-corrected chi connectivity index (χ1v) is 7.85. The zero-order valence-electron chi connectivity index (χ0n) is 14.2. The van der Waals surface area contributed by atoms with E-state index >= 15 is 0 Å². The molecule has 0 aliphatic carbocycles. The summed E-state index contributed by atoms with van der Waals surface area (Å²) in [6.07, 6.45) is -4.79. The van der Waals surface area contributed by atoms with Crippen LogP contribution in [0, 0.1) is 16.0 Å². The van der Waals surface area contributed by atoms with Crippen LogP contribution in [0.2, 0.25) is 0 Å². The van der Waals surface area contributed by atoms with Gasteiger partial charge in [-0.05, 0) is 12.5 Å². The minimum Gasteiger partial charge on any atom is -0.339 e. The maximum atomic E-state index is 12.6. The van der Waals surface area contributed by atoms with Crippen molar-refractivity contribution in [3.63, 3.8) is 0 Å². The van der Waals surface area contributed by atoms with Crippen LogP contribution in [0.3, 0.4) is 0 Å². The molecule has 2 atom stereocenters. The van der Waals surface area contributed by atoms with E-state index < -0.39 is 41.4 Å². The van der Waals surface area contributed by atoms with E-state index in [9.17, 15) is 32.9 Å². The molecule has 10 heteroatoms. The molecule has 0 N–H and O–H groups in total. The minimum atomic E-state index is -4.52. The topological polar surface area (TPSA) is 83.8 Å². The second-order valence-corrected chi connectivity index (χ2v) is 6.27. The fraction of sp³-hybridized carbons (Fsp3) is 0.500. The van der Waals surface area contributed by atoms with Gasteiger partial charge >= 0.3 is 6.18 Å². The van der Waals surface area contributed by atoms with Gasteiger partial charge in [0.1, 0.15) is 6.54 Å². The Morgan fingerprint density at radius 2 is 2.12 bits per heavy atom. The summed E-state index contributed by atoms with van der Waals surface area (Å²) >= 11 is 0. The molecule has 1 saturated heterocycles. The molecule has 26 heavy (non-hydrogen) atoms. The Balaban J connectivity index is 2.08. The van der Waals surface area contributed by atoms with E-state index in [1.54, 1.807) is 13.0 Å². The second kappa shape index (κ2) is 7.30. The summed E-state index contributed by atoms with van der Waals surface area (Å²) in [5.74, 6) is -2.05. The van der Waals surface area contributed by atoms with Crippen molar-refractivity contribution in [2.45, 2.75) is 25.6 Å². The van der Waals surface area contributed by atoms with Crippen molar-refractivity contribution >= 4 is 17.5 Å². The van der Waals surface area contributed by atoms with Crippen LogP contribution in [0.25, 0.3) is 0 Å². The van der Waals surface area contributed by atoms with Gasteiger partial charge in [-0.15, -0.1) is 0 Å². The van der Waals surface area contributed by atoms with E-state index in [0.29, 0.717) is 10.5 Å². The summed E-state index contributed by atoms with van der Waals surface area (Å²) in [6, 6.07) is 5.24. The van der Waals surface area contributed by atoms with Crippen LogP contribution in [-0.4, -0.2) is 52.9 Å². The van der Waals surface area contributed by atoms with Gasteiger partial charge in [0.2, 0.25) is 11.8 Å². The second-order valence-electron chi connectivity index (χ2n) is 6.27. The zero-order valence-corrected chi connectivity index (χ0v) is 14.2. The van der Waals surface area contributed by atoms with Gasteiger partial charge in [0.15, 0.2) is 0 Å². The first-order chi connectivity index (χ1) is 12.0. The highest BCUT2D eigenvalue weighted by Crippen LogP contribution is 2.28. The molecule has 2 unspecified atom stereocenters. The molecule has 1 aliphatic rings. The molecule has 7 nitrogen and oxygen atoms in total. The third kappa shape index (κ3) is 4.50. The van der Waals surface area contributed by atoms with E-state index in [-0.39, 0.29) is 18.7 Å². The number of hydrogen-bond acceptors (Lipinski definition) is 4. The molecule has 1 aromatic carbocycles. The van der Waals surface area contributed by atoms with Crippen molar-refractivity contribution < 1.29 is 27.7 Å². The number of amides is 2. The van der Waals surface area contributed by atoms with Gasteiger partial charge in [0, 0.05) is 32.1 Å². The fourth-order valence-electron chi connectivity index (χ4n) is 2.91. The van der Waals surface area contributed by atoms with Crippen LogP contribution in [0.4, 0.5) is 18.9 Å². The van der Waals surface area contributed by atoms with Crippen LogP contribution in [0.5, 0.6) is 0 Å². The number of halogens is 3. The summed E-state index contributed by atoms with van der Waals surface area (Å²) in [7, 11) is 1.46. The Morgan fingerprint density at radius 1 is 1.46 bits per heavy atom. The van der Waals surface area contributed by atoms with Gasteiger partial charge in [-0.3, -0.25) is 19.7 Å². The number of hydrogen-bond donors (Lipinski definition) is 0. The standard InChI is InChI=1S/C16H18F3N3O4/c1-10(11-4-3-5-13(6-11)22(25)26)20(2)15(24)12-7-14(23)21(8-12)9-16(17,18)19/h3-6,10,12H,7-9H2,1-2H3. The van der Waals surface area contributed by atoms with Crippen LogP contribution < -0.4 is 0 Å². The molecule has 0 saturated carbocycles. The molecule has 1 heterocycles. The van der Waals surface area contributed by atoms with Gasteiger partial charge in [0.05, 0.1) is 16.9 Å². The Morgan fingerprint density at radius 3 is 2.69 bits per heavy atom. The molecule has 2 rings (SSSR count). The molecule has 0 bridgehead atoms. The number of nitro groups is 1. The van der Waals surface area contributed by atoms with Gasteiger partial charge in [-0.25, -0.2) is 0 Å². The van der Waals surface area contributed by atoms with Gasteiger partial charge in [-0.2, -0.15) is 13.2 Å². The highest BCUT2D eigenvalue weighted by atomic mass is 19.4. The van der Waals surface area contributed by atoms with Crippen molar-refractivity contribution in [2.75, 3.05) is 20.1 Å². The van der Waals surface area contributed by atoms with E-state index in [2.05, 4.69) is 0 Å². The van der Waals surface area contributed by atoms with Crippen molar-refractivity contribution in [1.29, 1.82) is 0 Å². The summed E-state index contributed by atoms with van der Waals surface area (Å²) in [6.45, 7) is -0.00977. The van der Waals surface area contributed by atoms with E-state index in [4.69, 9.17) is 0 Å². The molecular weight excluding hydrogens is 355 g/mol. The number of carbonyl (C=O) groups is 2. The number of nitrogens with zero attached hydrogens (tertiary/aromatic N) is 3. The molecule has 1 aliphatic heterocycles. The maximum Gasteiger partial charge on any atom is 0.406 e. The molecule has 1 fully saturated rings.